The molecule has 12 heteroatoms. The number of carbonyl (C=O) groups is 2. The topological polar surface area (TPSA) is 146 Å². The molecule has 0 aliphatic rings. The number of nitrogens with one attached hydrogen (secondary N) is 2. The molecule has 4 aromatic rings. The monoisotopic (exact) mass is 555 g/mol. The number of aromatic amines is 1. The molecule has 3 N–H and O–H groups in total. The van der Waals surface area contributed by atoms with Crippen LogP contribution in [-0.4, -0.2) is 48.4 Å². The van der Waals surface area contributed by atoms with Gasteiger partial charge in [-0.2, -0.15) is 4.72 Å². The van der Waals surface area contributed by atoms with Crippen molar-refractivity contribution in [3.63, 3.8) is 0 Å². The molecule has 198 valence electrons. The Labute approximate surface area is 222 Å². The number of pyridine rings is 1. The Morgan fingerprint density at radius 1 is 1.11 bits per heavy atom. The number of fused-ring (bicyclic) bond motifs is 1. The lowest BCUT2D eigenvalue weighted by atomic mass is 10.0. The van der Waals surface area contributed by atoms with Gasteiger partial charge in [0.2, 0.25) is 21.5 Å². The molecule has 0 fully saturated rings. The van der Waals surface area contributed by atoms with Crippen LogP contribution in [0.1, 0.15) is 23.4 Å². The third kappa shape index (κ3) is 6.28. The number of H-pyrrole nitrogens is 1. The predicted molar refractivity (Wildman–Crippen MR) is 143 cm³/mol. The number of rotatable bonds is 11. The Balaban J connectivity index is 1.75. The maximum Gasteiger partial charge on any atom is 0.341 e. The van der Waals surface area contributed by atoms with E-state index in [0.717, 1.165) is 4.88 Å². The largest absolute Gasteiger partial charge is 0.482 e. The summed E-state index contributed by atoms with van der Waals surface area (Å²) < 4.78 is 35.0. The second kappa shape index (κ2) is 11.6. The summed E-state index contributed by atoms with van der Waals surface area (Å²) in [5.41, 5.74) is 0.321. The fourth-order valence-corrected chi connectivity index (χ4v) is 5.80. The highest BCUT2D eigenvalue weighted by Crippen LogP contribution is 2.29. The van der Waals surface area contributed by atoms with Crippen LogP contribution in [0.25, 0.3) is 10.9 Å². The third-order valence-corrected chi connectivity index (χ3v) is 8.01. The molecule has 1 amide bonds. The normalized spacial score (nSPS) is 12.2. The van der Waals surface area contributed by atoms with Gasteiger partial charge in [-0.15, -0.1) is 11.3 Å². The summed E-state index contributed by atoms with van der Waals surface area (Å²) in [5.74, 6) is -1.68. The fraction of sp³-hybridized carbons (Fsp3) is 0.192. The maximum atomic E-state index is 13.8. The van der Waals surface area contributed by atoms with E-state index in [1.54, 1.807) is 19.1 Å². The molecular weight excluding hydrogens is 530 g/mol. The first-order valence-corrected chi connectivity index (χ1v) is 13.9. The molecule has 0 radical (unpaired) electrons. The SMILES string of the molecule is CCN(Cc1cccs1)C(=O)[C@H](NS(=O)(=O)c1ccc2[nH]c(=O)ccc2c1)c1ccccc1OCC(=O)O. The summed E-state index contributed by atoms with van der Waals surface area (Å²) in [6.45, 7) is 1.69. The molecule has 10 nitrogen and oxygen atoms in total. The lowest BCUT2D eigenvalue weighted by molar-refractivity contribution is -0.139. The zero-order chi connectivity index (χ0) is 27.3. The van der Waals surface area contributed by atoms with Gasteiger partial charge in [0.05, 0.1) is 11.4 Å². The Morgan fingerprint density at radius 3 is 2.61 bits per heavy atom. The molecule has 2 heterocycles. The number of aromatic nitrogens is 1. The number of ether oxygens (including phenoxy) is 1. The lowest BCUT2D eigenvalue weighted by Crippen LogP contribution is -2.42. The molecule has 0 aliphatic carbocycles. The highest BCUT2D eigenvalue weighted by Gasteiger charge is 2.33. The van der Waals surface area contributed by atoms with Crippen LogP contribution in [-0.2, 0) is 26.2 Å². The van der Waals surface area contributed by atoms with Crippen LogP contribution in [0.15, 0.2) is 81.8 Å². The van der Waals surface area contributed by atoms with Gasteiger partial charge in [-0.3, -0.25) is 9.59 Å². The zero-order valence-corrected chi connectivity index (χ0v) is 21.9. The third-order valence-electron chi connectivity index (χ3n) is 5.73. The standard InChI is InChI=1S/C26H25N3O7S2/c1-2-29(15-18-6-5-13-37-18)26(33)25(20-7-3-4-8-22(20)36-16-24(31)32)28-38(34,35)19-10-11-21-17(14-19)9-12-23(30)27-21/h3-14,25,28H,2,15-16H2,1H3,(H,27,30)(H,31,32)/t25-/m1/s1. The van der Waals surface area contributed by atoms with Crippen LogP contribution in [0.5, 0.6) is 5.75 Å². The quantitative estimate of drug-likeness (QED) is 0.258. The van der Waals surface area contributed by atoms with Crippen molar-refractivity contribution in [3.05, 3.63) is 92.9 Å². The number of likely N-dealkylation sites (N-methyl/N-ethyl adjacent to an activating group) is 1. The van der Waals surface area contributed by atoms with Crippen molar-refractivity contribution in [2.45, 2.75) is 24.4 Å². The van der Waals surface area contributed by atoms with E-state index in [1.165, 1.54) is 58.7 Å². The zero-order valence-electron chi connectivity index (χ0n) is 20.3. The highest BCUT2D eigenvalue weighted by atomic mass is 32.2. The van der Waals surface area contributed by atoms with E-state index in [2.05, 4.69) is 9.71 Å². The van der Waals surface area contributed by atoms with Crippen molar-refractivity contribution in [2.24, 2.45) is 0 Å². The Kier molecular flexibility index (Phi) is 8.25. The minimum absolute atomic E-state index is 0.0687. The molecule has 1 atom stereocenters. The van der Waals surface area contributed by atoms with Crippen LogP contribution in [0.2, 0.25) is 0 Å². The number of nitrogens with zero attached hydrogens (tertiary/aromatic N) is 1. The van der Waals surface area contributed by atoms with Crippen LogP contribution < -0.4 is 15.0 Å². The number of hydrogen-bond donors (Lipinski definition) is 3. The average Bonchev–Trinajstić information content (AvgIpc) is 3.42. The minimum Gasteiger partial charge on any atom is -0.482 e. The summed E-state index contributed by atoms with van der Waals surface area (Å²) >= 11 is 1.47. The van der Waals surface area contributed by atoms with E-state index in [4.69, 9.17) is 9.84 Å². The van der Waals surface area contributed by atoms with Gasteiger partial charge in [0.15, 0.2) is 6.61 Å². The number of thiophene rings is 1. The van der Waals surface area contributed by atoms with Crippen LogP contribution in [0.4, 0.5) is 0 Å². The van der Waals surface area contributed by atoms with E-state index in [9.17, 15) is 22.8 Å². The number of benzene rings is 2. The van der Waals surface area contributed by atoms with E-state index in [0.29, 0.717) is 17.4 Å². The second-order valence-corrected chi connectivity index (χ2v) is 11.0. The van der Waals surface area contributed by atoms with Crippen molar-refractivity contribution in [1.82, 2.24) is 14.6 Å². The molecule has 0 aliphatic heterocycles. The van der Waals surface area contributed by atoms with Gasteiger partial charge in [0.1, 0.15) is 11.8 Å². The summed E-state index contributed by atoms with van der Waals surface area (Å²) in [5, 5.41) is 11.5. The minimum atomic E-state index is -4.26. The first-order chi connectivity index (χ1) is 18.2. The molecule has 0 saturated heterocycles. The van der Waals surface area contributed by atoms with Gasteiger partial charge in [0.25, 0.3) is 0 Å². The van der Waals surface area contributed by atoms with E-state index in [1.807, 2.05) is 17.5 Å². The number of hydrogen-bond acceptors (Lipinski definition) is 7. The number of carbonyl (C=O) groups excluding carboxylic acids is 1. The van der Waals surface area contributed by atoms with Crippen molar-refractivity contribution in [2.75, 3.05) is 13.2 Å². The summed E-state index contributed by atoms with van der Waals surface area (Å²) in [6.07, 6.45) is 0. The second-order valence-electron chi connectivity index (χ2n) is 8.28. The van der Waals surface area contributed by atoms with Gasteiger partial charge >= 0.3 is 5.97 Å². The van der Waals surface area contributed by atoms with Crippen LogP contribution in [0.3, 0.4) is 0 Å². The van der Waals surface area contributed by atoms with Crippen molar-refractivity contribution in [3.8, 4) is 5.75 Å². The van der Waals surface area contributed by atoms with Crippen LogP contribution >= 0.6 is 11.3 Å². The number of carboxylic acids is 1. The van der Waals surface area contributed by atoms with Crippen molar-refractivity contribution >= 4 is 44.1 Å². The molecule has 2 aromatic carbocycles. The summed E-state index contributed by atoms with van der Waals surface area (Å²) in [7, 11) is -4.26. The molecule has 0 bridgehead atoms. The van der Waals surface area contributed by atoms with E-state index < -0.39 is 34.5 Å². The number of amides is 1. The van der Waals surface area contributed by atoms with Gasteiger partial charge in [-0.25, -0.2) is 13.2 Å². The van der Waals surface area contributed by atoms with Gasteiger partial charge in [-0.05, 0) is 54.1 Å². The van der Waals surface area contributed by atoms with E-state index >= 15 is 0 Å². The molecule has 0 unspecified atom stereocenters. The molecule has 38 heavy (non-hydrogen) atoms. The van der Waals surface area contributed by atoms with E-state index in [-0.39, 0.29) is 28.3 Å². The number of para-hydroxylation sites is 1. The van der Waals surface area contributed by atoms with Crippen molar-refractivity contribution < 1.29 is 27.9 Å². The first-order valence-electron chi connectivity index (χ1n) is 11.6. The average molecular weight is 556 g/mol. The Bertz CT molecular complexity index is 1620. The van der Waals surface area contributed by atoms with Gasteiger partial charge < -0.3 is 19.7 Å². The Morgan fingerprint density at radius 2 is 1.89 bits per heavy atom. The molecular formula is C26H25N3O7S2. The number of aliphatic carboxylic acids is 1. The van der Waals surface area contributed by atoms with Crippen LogP contribution in [0, 0.1) is 0 Å². The summed E-state index contributed by atoms with van der Waals surface area (Å²) in [4.78, 5) is 41.5. The predicted octanol–water partition coefficient (Wildman–Crippen LogP) is 3.12. The maximum absolute atomic E-state index is 13.8. The number of sulfonamides is 1. The molecule has 2 aromatic heterocycles. The van der Waals surface area contributed by atoms with Gasteiger partial charge in [-0.1, -0.05) is 24.3 Å². The highest BCUT2D eigenvalue weighted by molar-refractivity contribution is 7.89. The lowest BCUT2D eigenvalue weighted by Gasteiger charge is -2.28. The first kappa shape index (κ1) is 27.0. The van der Waals surface area contributed by atoms with Gasteiger partial charge in [0, 0.05) is 28.6 Å². The molecule has 0 saturated carbocycles. The molecule has 0 spiro atoms. The number of carboxylic acid groups (broad SMARTS) is 1. The summed E-state index contributed by atoms with van der Waals surface area (Å²) in [6, 6.07) is 15.5. The molecule has 4 rings (SSSR count). The van der Waals surface area contributed by atoms with Crippen molar-refractivity contribution in [1.29, 1.82) is 0 Å². The smallest absolute Gasteiger partial charge is 0.341 e. The fourth-order valence-electron chi connectivity index (χ4n) is 3.88. The Hall–Kier alpha value is -4.00.